The number of rotatable bonds is 7. The minimum absolute atomic E-state index is 0.00712. The van der Waals surface area contributed by atoms with E-state index in [0.29, 0.717) is 23.0 Å². The summed E-state index contributed by atoms with van der Waals surface area (Å²) in [5, 5.41) is 15.0. The molecule has 1 saturated heterocycles. The molecule has 7 heteroatoms. The summed E-state index contributed by atoms with van der Waals surface area (Å²) >= 11 is 0. The minimum atomic E-state index is -0.327. The maximum atomic E-state index is 11.6. The van der Waals surface area contributed by atoms with Gasteiger partial charge < -0.3 is 14.8 Å². The van der Waals surface area contributed by atoms with Crippen LogP contribution in [0.4, 0.5) is 5.69 Å². The summed E-state index contributed by atoms with van der Waals surface area (Å²) in [6, 6.07) is 3.24. The Hall–Kier alpha value is -1.86. The molecule has 1 N–H and O–H groups in total. The molecule has 1 heterocycles. The largest absolute Gasteiger partial charge is 0.493 e. The van der Waals surface area contributed by atoms with Gasteiger partial charge >= 0.3 is 0 Å². The van der Waals surface area contributed by atoms with Crippen LogP contribution < -0.4 is 14.8 Å². The van der Waals surface area contributed by atoms with E-state index in [2.05, 4.69) is 24.1 Å². The number of methoxy groups -OCH3 is 2. The van der Waals surface area contributed by atoms with Crippen molar-refractivity contribution in [1.82, 2.24) is 10.2 Å². The lowest BCUT2D eigenvalue weighted by Crippen LogP contribution is -2.45. The number of nitrogens with zero attached hydrogens (tertiary/aromatic N) is 2. The highest BCUT2D eigenvalue weighted by Gasteiger charge is 2.31. The number of hydrogen-bond acceptors (Lipinski definition) is 6. The van der Waals surface area contributed by atoms with Crippen molar-refractivity contribution in [3.05, 3.63) is 27.8 Å². The highest BCUT2D eigenvalue weighted by Crippen LogP contribution is 2.41. The summed E-state index contributed by atoms with van der Waals surface area (Å²) in [6.45, 7) is 7.83. The Bertz CT molecular complexity index is 571. The van der Waals surface area contributed by atoms with Gasteiger partial charge in [0, 0.05) is 32.2 Å². The van der Waals surface area contributed by atoms with Gasteiger partial charge in [0.05, 0.1) is 30.8 Å². The molecular weight excluding hydrogens is 310 g/mol. The molecule has 0 unspecified atom stereocenters. The second-order valence-electron chi connectivity index (χ2n) is 6.45. The molecule has 0 bridgehead atoms. The van der Waals surface area contributed by atoms with Gasteiger partial charge in [-0.3, -0.25) is 15.0 Å². The van der Waals surface area contributed by atoms with Crippen LogP contribution in [0.5, 0.6) is 11.5 Å². The van der Waals surface area contributed by atoms with Crippen LogP contribution in [0.1, 0.15) is 31.9 Å². The van der Waals surface area contributed by atoms with Crippen molar-refractivity contribution in [2.45, 2.75) is 26.3 Å². The summed E-state index contributed by atoms with van der Waals surface area (Å²) < 4.78 is 10.6. The van der Waals surface area contributed by atoms with E-state index in [1.807, 2.05) is 0 Å². The van der Waals surface area contributed by atoms with E-state index in [4.69, 9.17) is 9.47 Å². The van der Waals surface area contributed by atoms with Gasteiger partial charge in [-0.15, -0.1) is 0 Å². The van der Waals surface area contributed by atoms with Gasteiger partial charge in [-0.25, -0.2) is 0 Å². The van der Waals surface area contributed by atoms with E-state index in [1.54, 1.807) is 13.2 Å². The average molecular weight is 337 g/mol. The third kappa shape index (κ3) is 4.15. The third-order valence-corrected chi connectivity index (χ3v) is 4.38. The van der Waals surface area contributed by atoms with Gasteiger partial charge in [0.15, 0.2) is 11.5 Å². The minimum Gasteiger partial charge on any atom is -0.493 e. The first-order valence-corrected chi connectivity index (χ1v) is 8.33. The van der Waals surface area contributed by atoms with Gasteiger partial charge in [0.1, 0.15) is 0 Å². The van der Waals surface area contributed by atoms with Crippen molar-refractivity contribution >= 4 is 5.69 Å². The maximum absolute atomic E-state index is 11.6. The number of hydrogen-bond donors (Lipinski definition) is 1. The van der Waals surface area contributed by atoms with Gasteiger partial charge in [0.2, 0.25) is 0 Å². The molecular formula is C17H27N3O4. The quantitative estimate of drug-likeness (QED) is 0.609. The van der Waals surface area contributed by atoms with Crippen molar-refractivity contribution < 1.29 is 14.4 Å². The molecule has 0 radical (unpaired) electrons. The molecule has 1 atom stereocenters. The zero-order chi connectivity index (χ0) is 17.7. The standard InChI is InChI=1S/C17H27N3O4/c1-12(2)9-14(19-7-5-18-6-8-19)13-10-16(23-3)17(24-4)11-15(13)20(21)22/h10-12,14,18H,5-9H2,1-4H3/t14-/m1/s1. The molecule has 0 spiro atoms. The Kier molecular flexibility index (Phi) is 6.39. The summed E-state index contributed by atoms with van der Waals surface area (Å²) in [7, 11) is 3.04. The fourth-order valence-electron chi connectivity index (χ4n) is 3.22. The molecule has 0 aliphatic carbocycles. The number of nitro benzene ring substituents is 1. The first kappa shape index (κ1) is 18.5. The Labute approximate surface area is 143 Å². The molecule has 1 fully saturated rings. The number of nitrogens with one attached hydrogen (secondary N) is 1. The smallest absolute Gasteiger partial charge is 0.278 e. The summed E-state index contributed by atoms with van der Waals surface area (Å²) in [4.78, 5) is 13.6. The molecule has 1 aliphatic heterocycles. The Morgan fingerprint density at radius 1 is 1.21 bits per heavy atom. The molecule has 7 nitrogen and oxygen atoms in total. The van der Waals surface area contributed by atoms with Crippen LogP contribution >= 0.6 is 0 Å². The van der Waals surface area contributed by atoms with E-state index in [0.717, 1.165) is 32.6 Å². The Balaban J connectivity index is 2.51. The zero-order valence-corrected chi connectivity index (χ0v) is 14.9. The van der Waals surface area contributed by atoms with Gasteiger partial charge in [-0.1, -0.05) is 13.8 Å². The molecule has 2 rings (SSSR count). The first-order valence-electron chi connectivity index (χ1n) is 8.33. The van der Waals surface area contributed by atoms with Crippen molar-refractivity contribution in [1.29, 1.82) is 0 Å². The predicted octanol–water partition coefficient (Wildman–Crippen LogP) is 2.60. The lowest BCUT2D eigenvalue weighted by atomic mass is 9.93. The van der Waals surface area contributed by atoms with Gasteiger partial charge in [0.25, 0.3) is 5.69 Å². The molecule has 0 amide bonds. The summed E-state index contributed by atoms with van der Waals surface area (Å²) in [6.07, 6.45) is 0.857. The van der Waals surface area contributed by atoms with Crippen LogP contribution in [0.25, 0.3) is 0 Å². The van der Waals surface area contributed by atoms with E-state index in [-0.39, 0.29) is 16.7 Å². The van der Waals surface area contributed by atoms with Gasteiger partial charge in [-0.05, 0) is 18.4 Å². The fourth-order valence-corrected chi connectivity index (χ4v) is 3.22. The zero-order valence-electron chi connectivity index (χ0n) is 14.9. The number of piperazine rings is 1. The maximum Gasteiger partial charge on any atom is 0.278 e. The molecule has 1 aromatic rings. The number of nitro groups is 1. The Morgan fingerprint density at radius 3 is 2.29 bits per heavy atom. The highest BCUT2D eigenvalue weighted by molar-refractivity contribution is 5.55. The lowest BCUT2D eigenvalue weighted by Gasteiger charge is -2.36. The Morgan fingerprint density at radius 2 is 1.79 bits per heavy atom. The SMILES string of the molecule is COc1cc([C@@H](CC(C)C)N2CCNCC2)c([N+](=O)[O-])cc1OC. The first-order chi connectivity index (χ1) is 11.5. The van der Waals surface area contributed by atoms with E-state index in [1.165, 1.54) is 13.2 Å². The topological polar surface area (TPSA) is 76.9 Å². The van der Waals surface area contributed by atoms with E-state index in [9.17, 15) is 10.1 Å². The predicted molar refractivity (Wildman–Crippen MR) is 92.8 cm³/mol. The van der Waals surface area contributed by atoms with Crippen LogP contribution in [-0.4, -0.2) is 50.2 Å². The summed E-state index contributed by atoms with van der Waals surface area (Å²) in [5.74, 6) is 1.34. The average Bonchev–Trinajstić information content (AvgIpc) is 2.59. The normalized spacial score (nSPS) is 16.9. The highest BCUT2D eigenvalue weighted by atomic mass is 16.6. The molecule has 0 saturated carbocycles. The van der Waals surface area contributed by atoms with E-state index < -0.39 is 0 Å². The van der Waals surface area contributed by atoms with Crippen molar-refractivity contribution in [2.75, 3.05) is 40.4 Å². The summed E-state index contributed by atoms with van der Waals surface area (Å²) in [5.41, 5.74) is 0.796. The molecule has 24 heavy (non-hydrogen) atoms. The van der Waals surface area contributed by atoms with Crippen LogP contribution in [-0.2, 0) is 0 Å². The van der Waals surface area contributed by atoms with Crippen LogP contribution in [0.2, 0.25) is 0 Å². The molecule has 1 aliphatic rings. The van der Waals surface area contributed by atoms with Crippen molar-refractivity contribution in [3.8, 4) is 11.5 Å². The lowest BCUT2D eigenvalue weighted by molar-refractivity contribution is -0.386. The van der Waals surface area contributed by atoms with Crippen molar-refractivity contribution in [3.63, 3.8) is 0 Å². The number of ether oxygens (including phenoxy) is 2. The van der Waals surface area contributed by atoms with Gasteiger partial charge in [-0.2, -0.15) is 0 Å². The third-order valence-electron chi connectivity index (χ3n) is 4.38. The van der Waals surface area contributed by atoms with Crippen LogP contribution in [0.15, 0.2) is 12.1 Å². The molecule has 134 valence electrons. The van der Waals surface area contributed by atoms with Crippen LogP contribution in [0.3, 0.4) is 0 Å². The second kappa shape index (κ2) is 8.30. The van der Waals surface area contributed by atoms with Crippen molar-refractivity contribution in [2.24, 2.45) is 5.92 Å². The second-order valence-corrected chi connectivity index (χ2v) is 6.45. The molecule has 1 aromatic carbocycles. The number of benzene rings is 1. The fraction of sp³-hybridized carbons (Fsp3) is 0.647. The van der Waals surface area contributed by atoms with E-state index >= 15 is 0 Å². The van der Waals surface area contributed by atoms with Crippen LogP contribution in [0, 0.1) is 16.0 Å². The monoisotopic (exact) mass is 337 g/mol. The molecule has 0 aromatic heterocycles.